The molecule has 0 unspecified atom stereocenters. The van der Waals surface area contributed by atoms with Crippen molar-refractivity contribution < 1.29 is 14.6 Å². The van der Waals surface area contributed by atoms with Crippen molar-refractivity contribution in [2.24, 2.45) is 0 Å². The van der Waals surface area contributed by atoms with Crippen LogP contribution in [0.2, 0.25) is 0 Å². The topological polar surface area (TPSA) is 77.2 Å². The quantitative estimate of drug-likeness (QED) is 0.832. The monoisotopic (exact) mass is 249 g/mol. The van der Waals surface area contributed by atoms with Crippen LogP contribution in [-0.2, 0) is 11.3 Å². The standard InChI is InChI=1S/C12H15N3O3/c1-12(2,3)18-11(17)15-10-8(5-4-6-13-10)9(7-16)14-15/h4-6,16H,7H2,1-3H3. The van der Waals surface area contributed by atoms with Crippen molar-refractivity contribution >= 4 is 17.1 Å². The van der Waals surface area contributed by atoms with Gasteiger partial charge < -0.3 is 9.84 Å². The molecular weight excluding hydrogens is 234 g/mol. The zero-order chi connectivity index (χ0) is 13.3. The second-order valence-corrected chi connectivity index (χ2v) is 4.87. The Labute approximate surface area is 104 Å². The summed E-state index contributed by atoms with van der Waals surface area (Å²) in [6, 6.07) is 3.48. The predicted octanol–water partition coefficient (Wildman–Crippen LogP) is 1.71. The first-order valence-corrected chi connectivity index (χ1v) is 5.59. The largest absolute Gasteiger partial charge is 0.442 e. The van der Waals surface area contributed by atoms with Gasteiger partial charge in [-0.3, -0.25) is 0 Å². The first-order valence-electron chi connectivity index (χ1n) is 5.59. The summed E-state index contributed by atoms with van der Waals surface area (Å²) in [7, 11) is 0. The Morgan fingerprint density at radius 1 is 1.50 bits per heavy atom. The molecule has 0 saturated heterocycles. The van der Waals surface area contributed by atoms with Crippen LogP contribution in [0.3, 0.4) is 0 Å². The van der Waals surface area contributed by atoms with E-state index in [9.17, 15) is 9.90 Å². The molecular formula is C12H15N3O3. The minimum atomic E-state index is -0.608. The maximum absolute atomic E-state index is 12.0. The number of carbonyl (C=O) groups excluding carboxylic acids is 1. The zero-order valence-electron chi connectivity index (χ0n) is 10.5. The Kier molecular flexibility index (Phi) is 3.04. The molecule has 2 aromatic rings. The third-order valence-corrected chi connectivity index (χ3v) is 2.24. The van der Waals surface area contributed by atoms with Gasteiger partial charge in [0.2, 0.25) is 0 Å². The first-order chi connectivity index (χ1) is 8.42. The van der Waals surface area contributed by atoms with Gasteiger partial charge in [-0.25, -0.2) is 9.78 Å². The molecule has 0 fully saturated rings. The van der Waals surface area contributed by atoms with Gasteiger partial charge in [0.1, 0.15) is 5.60 Å². The summed E-state index contributed by atoms with van der Waals surface area (Å²) in [5, 5.41) is 13.9. The third-order valence-electron chi connectivity index (χ3n) is 2.24. The van der Waals surface area contributed by atoms with Crippen LogP contribution in [0.15, 0.2) is 18.3 Å². The van der Waals surface area contributed by atoms with E-state index in [1.807, 2.05) is 0 Å². The number of aliphatic hydroxyl groups excluding tert-OH is 1. The number of carbonyl (C=O) groups is 1. The number of rotatable bonds is 1. The van der Waals surface area contributed by atoms with E-state index in [0.29, 0.717) is 16.7 Å². The molecule has 6 nitrogen and oxygen atoms in total. The highest BCUT2D eigenvalue weighted by Crippen LogP contribution is 2.18. The molecule has 0 aliphatic heterocycles. The molecule has 0 radical (unpaired) electrons. The van der Waals surface area contributed by atoms with Crippen LogP contribution in [0.25, 0.3) is 11.0 Å². The van der Waals surface area contributed by atoms with Crippen molar-refractivity contribution in [2.75, 3.05) is 0 Å². The number of fused-ring (bicyclic) bond motifs is 1. The number of nitrogens with zero attached hydrogens (tertiary/aromatic N) is 3. The summed E-state index contributed by atoms with van der Waals surface area (Å²) in [5.74, 6) is 0. The number of hydrogen-bond acceptors (Lipinski definition) is 5. The van der Waals surface area contributed by atoms with E-state index in [1.54, 1.807) is 39.1 Å². The average Bonchev–Trinajstić information content (AvgIpc) is 2.65. The smallest absolute Gasteiger partial charge is 0.437 e. The fourth-order valence-corrected chi connectivity index (χ4v) is 1.56. The van der Waals surface area contributed by atoms with E-state index < -0.39 is 11.7 Å². The lowest BCUT2D eigenvalue weighted by Gasteiger charge is -2.18. The van der Waals surface area contributed by atoms with E-state index in [-0.39, 0.29) is 6.61 Å². The number of aliphatic hydroxyl groups is 1. The van der Waals surface area contributed by atoms with Gasteiger partial charge in [-0.15, -0.1) is 4.68 Å². The van der Waals surface area contributed by atoms with Gasteiger partial charge in [0.15, 0.2) is 5.65 Å². The van der Waals surface area contributed by atoms with Crippen molar-refractivity contribution in [2.45, 2.75) is 33.0 Å². The molecule has 0 bridgehead atoms. The molecule has 0 aliphatic rings. The highest BCUT2D eigenvalue weighted by molar-refractivity contribution is 5.86. The lowest BCUT2D eigenvalue weighted by molar-refractivity contribution is 0.0520. The molecule has 0 amide bonds. The summed E-state index contributed by atoms with van der Waals surface area (Å²) in [6.45, 7) is 5.07. The van der Waals surface area contributed by atoms with Gasteiger partial charge >= 0.3 is 6.09 Å². The fourth-order valence-electron chi connectivity index (χ4n) is 1.56. The van der Waals surface area contributed by atoms with E-state index in [2.05, 4.69) is 10.1 Å². The average molecular weight is 249 g/mol. The van der Waals surface area contributed by atoms with Crippen LogP contribution in [0.1, 0.15) is 26.5 Å². The number of pyridine rings is 1. The zero-order valence-corrected chi connectivity index (χ0v) is 10.5. The molecule has 0 aromatic carbocycles. The lowest BCUT2D eigenvalue weighted by atomic mass is 10.2. The molecule has 2 rings (SSSR count). The van der Waals surface area contributed by atoms with Crippen molar-refractivity contribution in [1.29, 1.82) is 0 Å². The van der Waals surface area contributed by atoms with Gasteiger partial charge in [0, 0.05) is 11.6 Å². The van der Waals surface area contributed by atoms with Crippen molar-refractivity contribution in [3.05, 3.63) is 24.0 Å². The molecule has 96 valence electrons. The Hall–Kier alpha value is -1.95. The van der Waals surface area contributed by atoms with E-state index in [4.69, 9.17) is 4.74 Å². The molecule has 6 heteroatoms. The predicted molar refractivity (Wildman–Crippen MR) is 65.1 cm³/mol. The second kappa shape index (κ2) is 4.38. The highest BCUT2D eigenvalue weighted by Gasteiger charge is 2.22. The van der Waals surface area contributed by atoms with Crippen LogP contribution in [-0.4, -0.2) is 31.6 Å². The van der Waals surface area contributed by atoms with Gasteiger partial charge in [0.05, 0.1) is 12.3 Å². The molecule has 0 aliphatic carbocycles. The van der Waals surface area contributed by atoms with E-state index in [0.717, 1.165) is 4.68 Å². The molecule has 2 aromatic heterocycles. The van der Waals surface area contributed by atoms with Gasteiger partial charge in [0.25, 0.3) is 0 Å². The molecule has 18 heavy (non-hydrogen) atoms. The Balaban J connectivity index is 2.48. The van der Waals surface area contributed by atoms with Crippen molar-refractivity contribution in [1.82, 2.24) is 14.8 Å². The minimum absolute atomic E-state index is 0.252. The van der Waals surface area contributed by atoms with Crippen molar-refractivity contribution in [3.63, 3.8) is 0 Å². The molecule has 1 N–H and O–H groups in total. The van der Waals surface area contributed by atoms with Crippen LogP contribution in [0, 0.1) is 0 Å². The number of hydrogen-bond donors (Lipinski definition) is 1. The summed E-state index contributed by atoms with van der Waals surface area (Å²) >= 11 is 0. The summed E-state index contributed by atoms with van der Waals surface area (Å²) < 4.78 is 6.31. The van der Waals surface area contributed by atoms with E-state index in [1.165, 1.54) is 0 Å². The molecule has 0 saturated carbocycles. The van der Waals surface area contributed by atoms with Gasteiger partial charge in [-0.1, -0.05) is 0 Å². The Morgan fingerprint density at radius 3 is 2.83 bits per heavy atom. The Morgan fingerprint density at radius 2 is 2.22 bits per heavy atom. The molecule has 2 heterocycles. The van der Waals surface area contributed by atoms with Crippen LogP contribution >= 0.6 is 0 Å². The molecule has 0 spiro atoms. The SMILES string of the molecule is CC(C)(C)OC(=O)n1nc(CO)c2cccnc21. The summed E-state index contributed by atoms with van der Waals surface area (Å²) in [4.78, 5) is 16.0. The summed E-state index contributed by atoms with van der Waals surface area (Å²) in [5.41, 5.74) is 0.184. The van der Waals surface area contributed by atoms with Crippen LogP contribution < -0.4 is 0 Å². The lowest BCUT2D eigenvalue weighted by Crippen LogP contribution is -2.28. The minimum Gasteiger partial charge on any atom is -0.442 e. The maximum atomic E-state index is 12.0. The van der Waals surface area contributed by atoms with Gasteiger partial charge in [-0.05, 0) is 32.9 Å². The maximum Gasteiger partial charge on any atom is 0.437 e. The molecule has 0 atom stereocenters. The summed E-state index contributed by atoms with van der Waals surface area (Å²) in [6.07, 6.45) is 0.956. The van der Waals surface area contributed by atoms with Gasteiger partial charge in [-0.2, -0.15) is 5.10 Å². The van der Waals surface area contributed by atoms with Crippen LogP contribution in [0.5, 0.6) is 0 Å². The fraction of sp³-hybridized carbons (Fsp3) is 0.417. The number of aromatic nitrogens is 3. The van der Waals surface area contributed by atoms with Crippen LogP contribution in [0.4, 0.5) is 4.79 Å². The van der Waals surface area contributed by atoms with E-state index >= 15 is 0 Å². The Bertz CT molecular complexity index is 584. The van der Waals surface area contributed by atoms with Crippen molar-refractivity contribution in [3.8, 4) is 0 Å². The second-order valence-electron chi connectivity index (χ2n) is 4.87. The third kappa shape index (κ3) is 2.33. The normalized spacial score (nSPS) is 11.8. The first kappa shape index (κ1) is 12.5. The number of ether oxygens (including phenoxy) is 1. The highest BCUT2D eigenvalue weighted by atomic mass is 16.6.